The summed E-state index contributed by atoms with van der Waals surface area (Å²) in [7, 11) is 6.56. The van der Waals surface area contributed by atoms with Gasteiger partial charge in [0.1, 0.15) is 6.04 Å². The maximum atomic E-state index is 10.1. The zero-order chi connectivity index (χ0) is 24.0. The summed E-state index contributed by atoms with van der Waals surface area (Å²) in [5, 5.41) is 10.1. The highest BCUT2D eigenvalue weighted by Crippen LogP contribution is 2.39. The van der Waals surface area contributed by atoms with E-state index in [1.165, 1.54) is 5.56 Å². The molecule has 0 saturated carbocycles. The molecule has 0 bridgehead atoms. The van der Waals surface area contributed by atoms with Crippen molar-refractivity contribution >= 4 is 5.69 Å². The van der Waals surface area contributed by atoms with Crippen molar-refractivity contribution < 1.29 is 18.9 Å². The van der Waals surface area contributed by atoms with Crippen LogP contribution >= 0.6 is 0 Å². The molecule has 3 rings (SSSR count). The van der Waals surface area contributed by atoms with Crippen LogP contribution in [0.25, 0.3) is 0 Å². The maximum absolute atomic E-state index is 10.1. The molecule has 0 amide bonds. The summed E-state index contributed by atoms with van der Waals surface area (Å²) in [5.41, 5.74) is 3.22. The van der Waals surface area contributed by atoms with Gasteiger partial charge in [-0.25, -0.2) is 0 Å². The van der Waals surface area contributed by atoms with Crippen LogP contribution in [0.4, 0.5) is 5.69 Å². The van der Waals surface area contributed by atoms with E-state index in [-0.39, 0.29) is 12.0 Å². The Bertz CT molecular complexity index is 1030. The monoisotopic (exact) mass is 450 g/mol. The molecule has 1 heterocycles. The van der Waals surface area contributed by atoms with Crippen molar-refractivity contribution in [2.24, 2.45) is 5.92 Å². The molecule has 0 spiro atoms. The fourth-order valence-corrected chi connectivity index (χ4v) is 4.68. The van der Waals surface area contributed by atoms with Gasteiger partial charge in [-0.05, 0) is 67.0 Å². The Hall–Kier alpha value is -3.33. The summed E-state index contributed by atoms with van der Waals surface area (Å²) in [5.74, 6) is 3.37. The Morgan fingerprint density at radius 2 is 1.48 bits per heavy atom. The molecular weight excluding hydrogens is 416 g/mol. The number of anilines is 1. The minimum absolute atomic E-state index is 0.284. The van der Waals surface area contributed by atoms with Crippen molar-refractivity contribution in [1.82, 2.24) is 0 Å². The Morgan fingerprint density at radius 1 is 0.879 bits per heavy atom. The standard InChI is InChI=1S/C27H34N2O4/c1-18-8-7-9-22(20-10-12-24(30-3)26(14-20)32-5)19(2)17-29(23(18)16-28)21-11-13-25(31-4)27(15-21)33-6/h8,10-15,19,22-23H,7,9,17H2,1-6H3/b18-8-. The van der Waals surface area contributed by atoms with Crippen LogP contribution in [0.2, 0.25) is 0 Å². The van der Waals surface area contributed by atoms with E-state index in [0.29, 0.717) is 17.4 Å². The van der Waals surface area contributed by atoms with E-state index in [2.05, 4.69) is 36.1 Å². The van der Waals surface area contributed by atoms with Gasteiger partial charge in [0.2, 0.25) is 0 Å². The average Bonchev–Trinajstić information content (AvgIpc) is 2.90. The predicted octanol–water partition coefficient (Wildman–Crippen LogP) is 5.58. The first kappa shape index (κ1) is 24.3. The van der Waals surface area contributed by atoms with E-state index in [4.69, 9.17) is 18.9 Å². The average molecular weight is 451 g/mol. The minimum atomic E-state index is -0.352. The molecule has 6 nitrogen and oxygen atoms in total. The number of ether oxygens (including phenoxy) is 4. The van der Waals surface area contributed by atoms with Gasteiger partial charge in [0.25, 0.3) is 0 Å². The smallest absolute Gasteiger partial charge is 0.162 e. The van der Waals surface area contributed by atoms with Gasteiger partial charge in [-0.15, -0.1) is 0 Å². The highest BCUT2D eigenvalue weighted by atomic mass is 16.5. The van der Waals surface area contributed by atoms with Crippen molar-refractivity contribution in [3.05, 3.63) is 53.6 Å². The van der Waals surface area contributed by atoms with Crippen LogP contribution < -0.4 is 23.8 Å². The quantitative estimate of drug-likeness (QED) is 0.536. The summed E-state index contributed by atoms with van der Waals surface area (Å²) in [6.45, 7) is 5.02. The normalized spacial score (nSPS) is 22.6. The Balaban J connectivity index is 2.02. The highest BCUT2D eigenvalue weighted by molar-refractivity contribution is 5.59. The molecule has 3 atom stereocenters. The molecule has 0 aromatic heterocycles. The van der Waals surface area contributed by atoms with Crippen LogP contribution in [0, 0.1) is 17.2 Å². The number of nitrogens with zero attached hydrogens (tertiary/aromatic N) is 2. The molecule has 0 aliphatic carbocycles. The molecule has 2 aromatic rings. The summed E-state index contributed by atoms with van der Waals surface area (Å²) in [4.78, 5) is 2.18. The number of rotatable bonds is 6. The number of hydrogen-bond donors (Lipinski definition) is 0. The van der Waals surface area contributed by atoms with Gasteiger partial charge in [0, 0.05) is 18.3 Å². The van der Waals surface area contributed by atoms with Gasteiger partial charge in [-0.1, -0.05) is 19.1 Å². The second-order valence-electron chi connectivity index (χ2n) is 8.45. The molecular formula is C27H34N2O4. The number of nitriles is 1. The Morgan fingerprint density at radius 3 is 2.09 bits per heavy atom. The van der Waals surface area contributed by atoms with Crippen molar-refractivity contribution in [3.63, 3.8) is 0 Å². The summed E-state index contributed by atoms with van der Waals surface area (Å²) in [6.07, 6.45) is 4.10. The Kier molecular flexibility index (Phi) is 8.11. The van der Waals surface area contributed by atoms with Gasteiger partial charge in [-0.2, -0.15) is 5.26 Å². The van der Waals surface area contributed by atoms with Crippen molar-refractivity contribution in [2.75, 3.05) is 39.9 Å². The predicted molar refractivity (Wildman–Crippen MR) is 131 cm³/mol. The minimum Gasteiger partial charge on any atom is -0.493 e. The van der Waals surface area contributed by atoms with Gasteiger partial charge >= 0.3 is 0 Å². The molecule has 176 valence electrons. The number of methoxy groups -OCH3 is 4. The SMILES string of the molecule is COc1ccc(C2CC/C=C(/C)C(C#N)N(c3ccc(OC)c(OC)c3)CC2C)cc1OC. The van der Waals surface area contributed by atoms with Crippen molar-refractivity contribution in [2.45, 2.75) is 38.6 Å². The zero-order valence-electron chi connectivity index (χ0n) is 20.4. The first-order valence-corrected chi connectivity index (χ1v) is 11.2. The van der Waals surface area contributed by atoms with Crippen molar-refractivity contribution in [3.8, 4) is 29.1 Å². The molecule has 0 N–H and O–H groups in total. The lowest BCUT2D eigenvalue weighted by Gasteiger charge is -2.34. The van der Waals surface area contributed by atoms with Gasteiger partial charge in [0.15, 0.2) is 23.0 Å². The van der Waals surface area contributed by atoms with Crippen LogP contribution in [0.15, 0.2) is 48.0 Å². The molecule has 1 aliphatic rings. The topological polar surface area (TPSA) is 64.0 Å². The first-order valence-electron chi connectivity index (χ1n) is 11.2. The van der Waals surface area contributed by atoms with E-state index < -0.39 is 0 Å². The van der Waals surface area contributed by atoms with Crippen LogP contribution in [0.5, 0.6) is 23.0 Å². The first-order chi connectivity index (χ1) is 16.0. The van der Waals surface area contributed by atoms with Crippen LogP contribution in [-0.4, -0.2) is 41.0 Å². The molecule has 0 saturated heterocycles. The maximum Gasteiger partial charge on any atom is 0.162 e. The second kappa shape index (κ2) is 11.0. The fraction of sp³-hybridized carbons (Fsp3) is 0.444. The molecule has 0 fully saturated rings. The molecule has 33 heavy (non-hydrogen) atoms. The lowest BCUT2D eigenvalue weighted by atomic mass is 9.83. The van der Waals surface area contributed by atoms with Crippen LogP contribution in [0.1, 0.15) is 38.2 Å². The van der Waals surface area contributed by atoms with Gasteiger partial charge in [0.05, 0.1) is 34.5 Å². The Labute approximate surface area is 197 Å². The van der Waals surface area contributed by atoms with Crippen molar-refractivity contribution in [1.29, 1.82) is 5.26 Å². The largest absolute Gasteiger partial charge is 0.493 e. The summed E-state index contributed by atoms with van der Waals surface area (Å²) >= 11 is 0. The third kappa shape index (κ3) is 5.19. The summed E-state index contributed by atoms with van der Waals surface area (Å²) in [6, 6.07) is 14.2. The van der Waals surface area contributed by atoms with E-state index >= 15 is 0 Å². The zero-order valence-corrected chi connectivity index (χ0v) is 20.4. The molecule has 6 heteroatoms. The van der Waals surface area contributed by atoms with Gasteiger partial charge < -0.3 is 23.8 Å². The van der Waals surface area contributed by atoms with Crippen LogP contribution in [0.3, 0.4) is 0 Å². The van der Waals surface area contributed by atoms with E-state index in [1.807, 2.05) is 31.2 Å². The summed E-state index contributed by atoms with van der Waals surface area (Å²) < 4.78 is 21.9. The molecule has 0 radical (unpaired) electrons. The second-order valence-corrected chi connectivity index (χ2v) is 8.45. The molecule has 1 aliphatic heterocycles. The highest BCUT2D eigenvalue weighted by Gasteiger charge is 2.29. The fourth-order valence-electron chi connectivity index (χ4n) is 4.68. The number of allylic oxidation sites excluding steroid dienone is 1. The molecule has 2 aromatic carbocycles. The number of benzene rings is 2. The third-order valence-corrected chi connectivity index (χ3v) is 6.52. The van der Waals surface area contributed by atoms with E-state index in [0.717, 1.165) is 42.1 Å². The van der Waals surface area contributed by atoms with E-state index in [1.54, 1.807) is 28.4 Å². The molecule has 3 unspecified atom stereocenters. The lowest BCUT2D eigenvalue weighted by molar-refractivity contribution is 0.352. The van der Waals surface area contributed by atoms with E-state index in [9.17, 15) is 5.26 Å². The van der Waals surface area contributed by atoms with Crippen LogP contribution in [-0.2, 0) is 0 Å². The number of hydrogen-bond acceptors (Lipinski definition) is 6. The third-order valence-electron chi connectivity index (χ3n) is 6.52. The van der Waals surface area contributed by atoms with Gasteiger partial charge in [-0.3, -0.25) is 0 Å². The lowest BCUT2D eigenvalue weighted by Crippen LogP contribution is -2.39.